The summed E-state index contributed by atoms with van der Waals surface area (Å²) in [5.74, 6) is 0.133. The molecule has 0 spiro atoms. The van der Waals surface area contributed by atoms with Crippen LogP contribution in [-0.2, 0) is 20.6 Å². The number of hydrogen-bond donors (Lipinski definition) is 1. The molecular weight excluding hydrogens is 314 g/mol. The minimum Gasteiger partial charge on any atom is -0.339 e. The van der Waals surface area contributed by atoms with Gasteiger partial charge in [-0.25, -0.2) is 8.42 Å². The zero-order chi connectivity index (χ0) is 16.3. The molecule has 2 aliphatic heterocycles. The van der Waals surface area contributed by atoms with Crippen molar-refractivity contribution in [3.8, 4) is 0 Å². The quantitative estimate of drug-likeness (QED) is 0.864. The Morgan fingerprint density at radius 3 is 2.43 bits per heavy atom. The van der Waals surface area contributed by atoms with Gasteiger partial charge in [-0.3, -0.25) is 4.79 Å². The van der Waals surface area contributed by atoms with Gasteiger partial charge in [-0.2, -0.15) is 4.31 Å². The predicted octanol–water partition coefficient (Wildman–Crippen LogP) is 0.413. The molecule has 1 N–H and O–H groups in total. The van der Waals surface area contributed by atoms with Crippen LogP contribution in [0.15, 0.2) is 30.3 Å². The fourth-order valence-corrected chi connectivity index (χ4v) is 4.69. The van der Waals surface area contributed by atoms with Crippen LogP contribution < -0.4 is 5.32 Å². The van der Waals surface area contributed by atoms with E-state index in [-0.39, 0.29) is 17.7 Å². The summed E-state index contributed by atoms with van der Waals surface area (Å²) in [7, 11) is -3.32. The molecule has 2 fully saturated rings. The first-order valence-electron chi connectivity index (χ1n) is 8.10. The van der Waals surface area contributed by atoms with E-state index in [1.807, 2.05) is 30.3 Å². The highest BCUT2D eigenvalue weighted by atomic mass is 32.2. The largest absolute Gasteiger partial charge is 0.339 e. The minimum absolute atomic E-state index is 0.0198. The molecule has 7 heteroatoms. The topological polar surface area (TPSA) is 69.7 Å². The van der Waals surface area contributed by atoms with Gasteiger partial charge in [0.1, 0.15) is 0 Å². The molecule has 2 saturated heterocycles. The lowest BCUT2D eigenvalue weighted by Gasteiger charge is -2.35. The fraction of sp³-hybridized carbons (Fsp3) is 0.562. The van der Waals surface area contributed by atoms with Crippen LogP contribution in [0.4, 0.5) is 0 Å². The van der Waals surface area contributed by atoms with E-state index in [4.69, 9.17) is 0 Å². The van der Waals surface area contributed by atoms with Crippen LogP contribution in [0.1, 0.15) is 18.4 Å². The van der Waals surface area contributed by atoms with Crippen molar-refractivity contribution in [2.45, 2.75) is 24.6 Å². The number of benzene rings is 1. The summed E-state index contributed by atoms with van der Waals surface area (Å²) in [4.78, 5) is 14.1. The predicted molar refractivity (Wildman–Crippen MR) is 88.2 cm³/mol. The van der Waals surface area contributed by atoms with Gasteiger partial charge in [-0.05, 0) is 24.9 Å². The van der Waals surface area contributed by atoms with Crippen LogP contribution in [0.5, 0.6) is 0 Å². The second kappa shape index (κ2) is 6.98. The molecule has 1 amide bonds. The van der Waals surface area contributed by atoms with Crippen molar-refractivity contribution in [1.82, 2.24) is 14.5 Å². The molecule has 1 aromatic rings. The van der Waals surface area contributed by atoms with Crippen molar-refractivity contribution in [1.29, 1.82) is 0 Å². The maximum Gasteiger partial charge on any atom is 0.239 e. The molecule has 1 unspecified atom stereocenters. The highest BCUT2D eigenvalue weighted by Crippen LogP contribution is 2.15. The SMILES string of the molecule is O=C(C1CCCN1)N1CCN(S(=O)(=O)Cc2ccccc2)CC1. The summed E-state index contributed by atoms with van der Waals surface area (Å²) in [6.07, 6.45) is 1.91. The summed E-state index contributed by atoms with van der Waals surface area (Å²) < 4.78 is 26.5. The molecule has 1 aromatic carbocycles. The molecule has 0 aliphatic carbocycles. The first-order valence-corrected chi connectivity index (χ1v) is 9.71. The molecule has 6 nitrogen and oxygen atoms in total. The summed E-state index contributed by atoms with van der Waals surface area (Å²) >= 11 is 0. The Morgan fingerprint density at radius 1 is 1.13 bits per heavy atom. The molecule has 2 heterocycles. The van der Waals surface area contributed by atoms with Gasteiger partial charge in [0, 0.05) is 26.2 Å². The smallest absolute Gasteiger partial charge is 0.239 e. The molecule has 23 heavy (non-hydrogen) atoms. The van der Waals surface area contributed by atoms with E-state index in [9.17, 15) is 13.2 Å². The third-order valence-corrected chi connectivity index (χ3v) is 6.34. The third kappa shape index (κ3) is 3.91. The van der Waals surface area contributed by atoms with Crippen molar-refractivity contribution in [3.05, 3.63) is 35.9 Å². The van der Waals surface area contributed by atoms with E-state index in [0.717, 1.165) is 24.9 Å². The molecule has 3 rings (SSSR count). The maximum absolute atomic E-state index is 12.5. The highest BCUT2D eigenvalue weighted by molar-refractivity contribution is 7.88. The van der Waals surface area contributed by atoms with Crippen LogP contribution in [0.25, 0.3) is 0 Å². The average Bonchev–Trinajstić information content (AvgIpc) is 3.09. The molecule has 0 saturated carbocycles. The molecular formula is C16H23N3O3S. The number of carbonyl (C=O) groups is 1. The summed E-state index contributed by atoms with van der Waals surface area (Å²) in [6.45, 7) is 2.61. The highest BCUT2D eigenvalue weighted by Gasteiger charge is 2.32. The van der Waals surface area contributed by atoms with Crippen LogP contribution in [0, 0.1) is 0 Å². The molecule has 0 bridgehead atoms. The van der Waals surface area contributed by atoms with Gasteiger partial charge in [0.05, 0.1) is 11.8 Å². The normalized spacial score (nSPS) is 23.1. The Morgan fingerprint density at radius 2 is 1.83 bits per heavy atom. The summed E-state index contributed by atoms with van der Waals surface area (Å²) in [5, 5.41) is 3.20. The monoisotopic (exact) mass is 337 g/mol. The lowest BCUT2D eigenvalue weighted by molar-refractivity contribution is -0.134. The summed E-state index contributed by atoms with van der Waals surface area (Å²) in [6, 6.07) is 9.12. The lowest BCUT2D eigenvalue weighted by Crippen LogP contribution is -2.54. The Kier molecular flexibility index (Phi) is 4.99. The van der Waals surface area contributed by atoms with Gasteiger partial charge in [0.2, 0.25) is 15.9 Å². The zero-order valence-corrected chi connectivity index (χ0v) is 14.0. The Balaban J connectivity index is 1.56. The molecule has 2 aliphatic rings. The van der Waals surface area contributed by atoms with Gasteiger partial charge in [0.25, 0.3) is 0 Å². The Labute approximate surface area is 137 Å². The van der Waals surface area contributed by atoms with E-state index in [0.29, 0.717) is 26.2 Å². The van der Waals surface area contributed by atoms with E-state index in [2.05, 4.69) is 5.32 Å². The third-order valence-electron chi connectivity index (χ3n) is 4.49. The minimum atomic E-state index is -3.32. The molecule has 0 radical (unpaired) electrons. The Bertz CT molecular complexity index is 634. The van der Waals surface area contributed by atoms with Crippen molar-refractivity contribution < 1.29 is 13.2 Å². The maximum atomic E-state index is 12.5. The van der Waals surface area contributed by atoms with E-state index in [1.165, 1.54) is 4.31 Å². The molecule has 126 valence electrons. The van der Waals surface area contributed by atoms with Crippen LogP contribution in [-0.4, -0.2) is 62.3 Å². The first-order chi connectivity index (χ1) is 11.1. The number of rotatable bonds is 4. The van der Waals surface area contributed by atoms with Gasteiger partial charge < -0.3 is 10.2 Å². The number of nitrogens with one attached hydrogen (secondary N) is 1. The number of sulfonamides is 1. The fourth-order valence-electron chi connectivity index (χ4n) is 3.18. The second-order valence-corrected chi connectivity index (χ2v) is 8.08. The molecule has 0 aromatic heterocycles. The zero-order valence-electron chi connectivity index (χ0n) is 13.1. The Hall–Kier alpha value is -1.44. The van der Waals surface area contributed by atoms with Gasteiger partial charge in [-0.1, -0.05) is 30.3 Å². The van der Waals surface area contributed by atoms with Crippen molar-refractivity contribution in [2.24, 2.45) is 0 Å². The van der Waals surface area contributed by atoms with Gasteiger partial charge >= 0.3 is 0 Å². The number of nitrogens with zero attached hydrogens (tertiary/aromatic N) is 2. The first kappa shape index (κ1) is 16.4. The van der Waals surface area contributed by atoms with Crippen LogP contribution >= 0.6 is 0 Å². The van der Waals surface area contributed by atoms with Crippen molar-refractivity contribution in [2.75, 3.05) is 32.7 Å². The van der Waals surface area contributed by atoms with Gasteiger partial charge in [-0.15, -0.1) is 0 Å². The van der Waals surface area contributed by atoms with Crippen molar-refractivity contribution >= 4 is 15.9 Å². The number of amides is 1. The van der Waals surface area contributed by atoms with Crippen LogP contribution in [0.2, 0.25) is 0 Å². The molecule has 1 atom stereocenters. The average molecular weight is 337 g/mol. The number of piperazine rings is 1. The second-order valence-electron chi connectivity index (χ2n) is 6.12. The lowest BCUT2D eigenvalue weighted by atomic mass is 10.2. The van der Waals surface area contributed by atoms with E-state index < -0.39 is 10.0 Å². The standard InChI is InChI=1S/C16H23N3O3S/c20-16(15-7-4-8-17-15)18-9-11-19(12-10-18)23(21,22)13-14-5-2-1-3-6-14/h1-3,5-6,15,17H,4,7-13H2. The van der Waals surface area contributed by atoms with E-state index in [1.54, 1.807) is 4.90 Å². The van der Waals surface area contributed by atoms with Crippen LogP contribution in [0.3, 0.4) is 0 Å². The van der Waals surface area contributed by atoms with Crippen molar-refractivity contribution in [3.63, 3.8) is 0 Å². The number of carbonyl (C=O) groups excluding carboxylic acids is 1. The summed E-state index contributed by atoms with van der Waals surface area (Å²) in [5.41, 5.74) is 0.793. The number of hydrogen-bond acceptors (Lipinski definition) is 4. The van der Waals surface area contributed by atoms with Gasteiger partial charge in [0.15, 0.2) is 0 Å². The van der Waals surface area contributed by atoms with E-state index >= 15 is 0 Å².